The summed E-state index contributed by atoms with van der Waals surface area (Å²) in [6.07, 6.45) is 11.0. The number of amides is 4. The van der Waals surface area contributed by atoms with Crippen LogP contribution in [0.5, 0.6) is 11.5 Å². The summed E-state index contributed by atoms with van der Waals surface area (Å²) in [5, 5.41) is 33.9. The number of hydrogen-bond acceptors (Lipinski definition) is 8. The minimum absolute atomic E-state index is 0.100. The lowest BCUT2D eigenvalue weighted by atomic mass is 9.38. The Labute approximate surface area is 382 Å². The van der Waals surface area contributed by atoms with E-state index < -0.39 is 79.4 Å². The maximum atomic E-state index is 16.8. The van der Waals surface area contributed by atoms with Gasteiger partial charge < -0.3 is 45.0 Å². The number of quaternary nitrogens is 1. The first-order chi connectivity index (χ1) is 31.1. The summed E-state index contributed by atoms with van der Waals surface area (Å²) in [7, 11) is 0. The Kier molecular flexibility index (Phi) is 6.18. The maximum Gasteiger partial charge on any atom is 0.251 e. The Bertz CT molecular complexity index is 3060. The van der Waals surface area contributed by atoms with Gasteiger partial charge in [-0.2, -0.15) is 4.73 Å². The standard InChI is InChI=1S/C52H56N6O8/c1-44(2)19-15-25-29(65-44)13-11-27-33-36-50-28-12-14-30-26(16-20-45(3,4)66-30)35(28)58(64)38(50)47(7,8)31-23-48-17-9-21-54(48)42(61)51(31,53-40(48)59)39(50)56-41(60)49-18-10-22-55(49)43(62)52(36,56)32(24-49)46(5,6)37(33)57(63)34(25)27/h11-16,19-20,31-32,36,38-39,58,63H,9-10,17-18,21-24H2,1-8H3,(H,53,59). The van der Waals surface area contributed by atoms with Gasteiger partial charge in [0.2, 0.25) is 17.7 Å². The molecule has 0 radical (unpaired) electrons. The number of hydrogen-bond donors (Lipinski definition) is 3. The van der Waals surface area contributed by atoms with Gasteiger partial charge in [-0.3, -0.25) is 19.2 Å². The van der Waals surface area contributed by atoms with Crippen molar-refractivity contribution in [2.24, 2.45) is 17.3 Å². The molecule has 10 fully saturated rings. The summed E-state index contributed by atoms with van der Waals surface area (Å²) in [5.74, 6) is -1.65. The fourth-order valence-corrected chi connectivity index (χ4v) is 18.5. The molecule has 13 heterocycles. The molecule has 2 aliphatic carbocycles. The van der Waals surface area contributed by atoms with Gasteiger partial charge in [0.1, 0.15) is 56.6 Å². The smallest absolute Gasteiger partial charge is 0.251 e. The van der Waals surface area contributed by atoms with Crippen LogP contribution in [0.2, 0.25) is 0 Å². The zero-order valence-corrected chi connectivity index (χ0v) is 38.8. The molecule has 1 saturated carbocycles. The van der Waals surface area contributed by atoms with Crippen LogP contribution in [-0.4, -0.2) is 107 Å². The van der Waals surface area contributed by atoms with Crippen molar-refractivity contribution in [2.75, 3.05) is 13.1 Å². The summed E-state index contributed by atoms with van der Waals surface area (Å²) >= 11 is 0. The van der Waals surface area contributed by atoms with Crippen LogP contribution < -0.4 is 19.9 Å². The Morgan fingerprint density at radius 1 is 0.773 bits per heavy atom. The van der Waals surface area contributed by atoms with Crippen LogP contribution in [0.4, 0.5) is 5.69 Å². The molecule has 14 aliphatic rings. The fraction of sp³-hybridized carbons (Fsp3) is 0.577. The van der Waals surface area contributed by atoms with Crippen molar-refractivity contribution in [2.45, 2.75) is 156 Å². The van der Waals surface area contributed by atoms with Crippen molar-refractivity contribution in [3.05, 3.63) is 69.6 Å². The molecule has 4 amide bonds. The molecule has 4 bridgehead atoms. The Balaban J connectivity index is 1.16. The highest BCUT2D eigenvalue weighted by Gasteiger charge is 2.95. The van der Waals surface area contributed by atoms with Crippen LogP contribution in [0.1, 0.15) is 128 Å². The van der Waals surface area contributed by atoms with Gasteiger partial charge in [0, 0.05) is 58.2 Å². The highest BCUT2D eigenvalue weighted by molar-refractivity contribution is 6.12. The number of piperidine rings is 4. The largest absolute Gasteiger partial charge is 0.629 e. The summed E-state index contributed by atoms with van der Waals surface area (Å²) < 4.78 is 14.5. The third-order valence-electron chi connectivity index (χ3n) is 20.4. The predicted octanol–water partition coefficient (Wildman–Crippen LogP) is 4.59. The number of carbonyl (C=O) groups is 4. The molecule has 11 unspecified atom stereocenters. The lowest BCUT2D eigenvalue weighted by Gasteiger charge is -2.71. The van der Waals surface area contributed by atoms with Crippen LogP contribution in [0.3, 0.4) is 0 Å². The molecule has 3 aromatic rings. The topological polar surface area (TPSA) is 161 Å². The van der Waals surface area contributed by atoms with E-state index in [9.17, 15) is 5.21 Å². The molecule has 9 saturated heterocycles. The lowest BCUT2D eigenvalue weighted by Crippen LogP contribution is -3.11. The van der Waals surface area contributed by atoms with Crippen molar-refractivity contribution in [1.82, 2.24) is 24.7 Å². The first-order valence-corrected chi connectivity index (χ1v) is 24.3. The highest BCUT2D eigenvalue weighted by atomic mass is 16.5. The number of ether oxygens (including phenoxy) is 2. The molecule has 3 N–H and O–H groups in total. The quantitative estimate of drug-likeness (QED) is 0.218. The fourth-order valence-electron chi connectivity index (χ4n) is 18.5. The minimum Gasteiger partial charge on any atom is -0.629 e. The second-order valence-corrected chi connectivity index (χ2v) is 24.6. The molecular formula is C52H56N6O8. The van der Waals surface area contributed by atoms with Crippen LogP contribution >= 0.6 is 0 Å². The van der Waals surface area contributed by atoms with Gasteiger partial charge in [0.15, 0.2) is 0 Å². The van der Waals surface area contributed by atoms with E-state index in [1.54, 1.807) is 0 Å². The van der Waals surface area contributed by atoms with Crippen molar-refractivity contribution >= 4 is 52.4 Å². The molecule has 12 aliphatic heterocycles. The van der Waals surface area contributed by atoms with Crippen LogP contribution in [-0.2, 0) is 30.0 Å². The van der Waals surface area contributed by atoms with E-state index in [4.69, 9.17) is 9.47 Å². The van der Waals surface area contributed by atoms with Crippen molar-refractivity contribution < 1.29 is 38.9 Å². The molecular weight excluding hydrogens is 837 g/mol. The normalized spacial score (nSPS) is 42.7. The van der Waals surface area contributed by atoms with E-state index >= 15 is 24.4 Å². The monoisotopic (exact) mass is 892 g/mol. The summed E-state index contributed by atoms with van der Waals surface area (Å²) in [4.78, 5) is 70.6. The van der Waals surface area contributed by atoms with Gasteiger partial charge in [-0.25, -0.2) is 0 Å². The SMILES string of the molecule is CC1(C)C=Cc2c(ccc3c2[NH+]([O-])C2C(C)(C)C4CC56CCCN5C(=O)C4(NC6=O)C4N5C(=O)C67CCCN6C(=O)C56C(C7)C(C)(C)c5c(c7ccc8c(c7n5O)C=CC(C)(C)O8)C6C324)O1. The van der Waals surface area contributed by atoms with Gasteiger partial charge in [0.05, 0.1) is 28.2 Å². The Morgan fingerprint density at radius 3 is 2.11 bits per heavy atom. The average Bonchev–Trinajstić information content (AvgIpc) is 4.05. The molecule has 66 heavy (non-hydrogen) atoms. The molecule has 342 valence electrons. The van der Waals surface area contributed by atoms with Crippen molar-refractivity contribution in [1.29, 1.82) is 0 Å². The summed E-state index contributed by atoms with van der Waals surface area (Å²) in [5.41, 5.74) is -5.83. The number of nitrogens with one attached hydrogen (secondary N) is 2. The third-order valence-corrected chi connectivity index (χ3v) is 20.4. The van der Waals surface area contributed by atoms with Gasteiger partial charge in [0.25, 0.3) is 5.91 Å². The number of aromatic nitrogens is 1. The Morgan fingerprint density at radius 2 is 1.39 bits per heavy atom. The van der Waals surface area contributed by atoms with Gasteiger partial charge >= 0.3 is 0 Å². The van der Waals surface area contributed by atoms with E-state index in [2.05, 4.69) is 33.0 Å². The molecule has 14 heteroatoms. The summed E-state index contributed by atoms with van der Waals surface area (Å²) in [6, 6.07) is 5.83. The molecule has 11 atom stereocenters. The Hall–Kier alpha value is -5.34. The second-order valence-electron chi connectivity index (χ2n) is 24.6. The zero-order valence-electron chi connectivity index (χ0n) is 38.8. The van der Waals surface area contributed by atoms with Gasteiger partial charge in [-0.15, -0.1) is 0 Å². The van der Waals surface area contributed by atoms with Gasteiger partial charge in [-0.05, 0) is 120 Å². The number of fused-ring (bicyclic) bond motifs is 10. The lowest BCUT2D eigenvalue weighted by molar-refractivity contribution is -0.818. The maximum absolute atomic E-state index is 16.8. The van der Waals surface area contributed by atoms with E-state index in [0.29, 0.717) is 108 Å². The van der Waals surface area contributed by atoms with Crippen molar-refractivity contribution in [3.63, 3.8) is 0 Å². The molecule has 17 rings (SSSR count). The predicted molar refractivity (Wildman–Crippen MR) is 240 cm³/mol. The number of carbonyl (C=O) groups excluding carboxylic acids is 4. The number of nitrogens with zero attached hydrogens (tertiary/aromatic N) is 4. The molecule has 14 nitrogen and oxygen atoms in total. The number of benzene rings is 2. The van der Waals surface area contributed by atoms with E-state index in [1.807, 2.05) is 91.0 Å². The molecule has 5 spiro atoms. The van der Waals surface area contributed by atoms with E-state index in [0.717, 1.165) is 0 Å². The third kappa shape index (κ3) is 3.45. The number of piperazine rings is 2. The first kappa shape index (κ1) is 38.7. The average molecular weight is 893 g/mol. The van der Waals surface area contributed by atoms with E-state index in [1.165, 1.54) is 4.73 Å². The van der Waals surface area contributed by atoms with Crippen LogP contribution in [0.15, 0.2) is 36.4 Å². The van der Waals surface area contributed by atoms with Crippen molar-refractivity contribution in [3.8, 4) is 11.5 Å². The number of hydroxylamine groups is 1. The second kappa shape index (κ2) is 10.5. The number of rotatable bonds is 0. The van der Waals surface area contributed by atoms with Crippen LogP contribution in [0, 0.1) is 22.5 Å². The summed E-state index contributed by atoms with van der Waals surface area (Å²) in [6.45, 7) is 17.2. The molecule has 2 aromatic carbocycles. The van der Waals surface area contributed by atoms with Gasteiger partial charge in [-0.1, -0.05) is 27.7 Å². The highest BCUT2D eigenvalue weighted by Crippen LogP contribution is 2.81. The molecule has 1 aromatic heterocycles. The minimum atomic E-state index is -1.69. The van der Waals surface area contributed by atoms with Crippen LogP contribution in [0.25, 0.3) is 23.1 Å². The van der Waals surface area contributed by atoms with E-state index in [-0.39, 0.29) is 28.7 Å². The zero-order chi connectivity index (χ0) is 45.8. The first-order valence-electron chi connectivity index (χ1n) is 24.3.